The molecule has 1 saturated carbocycles. The molecule has 1 aliphatic carbocycles. The number of hydrogen-bond donors (Lipinski definition) is 2. The zero-order valence-electron chi connectivity index (χ0n) is 27.0. The Morgan fingerprint density at radius 1 is 1.11 bits per heavy atom. The van der Waals surface area contributed by atoms with Crippen molar-refractivity contribution in [1.29, 1.82) is 0 Å². The number of aliphatic hydroxyl groups excluding tert-OH is 1. The van der Waals surface area contributed by atoms with Crippen molar-refractivity contribution in [3.63, 3.8) is 0 Å². The van der Waals surface area contributed by atoms with Crippen LogP contribution in [0.25, 0.3) is 22.2 Å². The van der Waals surface area contributed by atoms with Gasteiger partial charge in [-0.3, -0.25) is 14.8 Å². The van der Waals surface area contributed by atoms with Gasteiger partial charge in [0.15, 0.2) is 5.82 Å². The molecular weight excluding hydrogens is 626 g/mol. The number of alkyl halides is 1. The van der Waals surface area contributed by atoms with Gasteiger partial charge in [-0.2, -0.15) is 9.97 Å². The summed E-state index contributed by atoms with van der Waals surface area (Å²) in [4.78, 5) is 20.9. The van der Waals surface area contributed by atoms with Crippen LogP contribution < -0.4 is 9.64 Å². The lowest BCUT2D eigenvalue weighted by molar-refractivity contribution is 0.0485. The summed E-state index contributed by atoms with van der Waals surface area (Å²) in [5.74, 6) is 0.255. The number of piperazine rings is 1. The van der Waals surface area contributed by atoms with Gasteiger partial charge in [0, 0.05) is 61.5 Å². The summed E-state index contributed by atoms with van der Waals surface area (Å²) >= 11 is 6.58. The summed E-state index contributed by atoms with van der Waals surface area (Å²) in [6, 6.07) is 3.55. The zero-order chi connectivity index (χ0) is 32.6. The van der Waals surface area contributed by atoms with Crippen molar-refractivity contribution in [2.45, 2.75) is 94.6 Å². The van der Waals surface area contributed by atoms with E-state index in [-0.39, 0.29) is 53.5 Å². The Balaban J connectivity index is 1.19. The smallest absolute Gasteiger partial charge is 0.319 e. The molecule has 5 atom stereocenters. The van der Waals surface area contributed by atoms with Crippen LogP contribution in [0.2, 0.25) is 5.02 Å². The molecule has 0 amide bonds. The molecule has 4 saturated heterocycles. The number of aliphatic hydroxyl groups is 1. The number of halogens is 3. The number of pyridine rings is 1. The molecule has 2 N–H and O–H groups in total. The summed E-state index contributed by atoms with van der Waals surface area (Å²) in [5.41, 5.74) is 1.03. The van der Waals surface area contributed by atoms with Gasteiger partial charge in [0.25, 0.3) is 0 Å². The highest BCUT2D eigenvalue weighted by Gasteiger charge is 2.49. The molecule has 0 spiro atoms. The minimum Gasteiger partial charge on any atom is -0.508 e. The van der Waals surface area contributed by atoms with Crippen molar-refractivity contribution in [2.24, 2.45) is 5.92 Å². The van der Waals surface area contributed by atoms with Crippen LogP contribution in [0.5, 0.6) is 11.8 Å². The monoisotopic (exact) mass is 668 g/mol. The molecule has 0 radical (unpaired) electrons. The van der Waals surface area contributed by atoms with E-state index in [1.54, 1.807) is 6.20 Å². The number of fused-ring (bicyclic) bond motifs is 4. The Labute approximate surface area is 278 Å². The fraction of sp³-hybridized carbons (Fsp3) is 0.629. The molecular formula is C35H43ClF2N6O3. The Bertz CT molecular complexity index is 1680. The fourth-order valence-corrected chi connectivity index (χ4v) is 9.01. The van der Waals surface area contributed by atoms with Gasteiger partial charge in [0.1, 0.15) is 35.6 Å². The molecule has 8 rings (SSSR count). The predicted molar refractivity (Wildman–Crippen MR) is 176 cm³/mol. The average molecular weight is 669 g/mol. The SMILES string of the molecule is CC(C)C(O)CN1C2CCC1CN(c1nc(OC[C@@]34CCCN3C[C@H](F)C4)nc3c(F)c(-c4cc(O)cc(Cl)c4C4CC4)ncc13)C2. The average Bonchev–Trinajstić information content (AvgIpc) is 3.66. The van der Waals surface area contributed by atoms with Crippen LogP contribution in [-0.2, 0) is 0 Å². The van der Waals surface area contributed by atoms with E-state index >= 15 is 4.39 Å². The minimum absolute atomic E-state index is 0.0536. The largest absolute Gasteiger partial charge is 0.508 e. The van der Waals surface area contributed by atoms with Gasteiger partial charge in [-0.15, -0.1) is 0 Å². The van der Waals surface area contributed by atoms with Crippen molar-refractivity contribution in [3.8, 4) is 23.0 Å². The molecule has 47 heavy (non-hydrogen) atoms. The van der Waals surface area contributed by atoms with Crippen LogP contribution in [0.1, 0.15) is 70.3 Å². The molecule has 12 heteroatoms. The van der Waals surface area contributed by atoms with E-state index in [9.17, 15) is 14.6 Å². The molecule has 4 aliphatic heterocycles. The first-order valence-corrected chi connectivity index (χ1v) is 17.6. The third-order valence-corrected chi connectivity index (χ3v) is 11.6. The highest BCUT2D eigenvalue weighted by Crippen LogP contribution is 2.49. The number of nitrogens with zero attached hydrogens (tertiary/aromatic N) is 6. The van der Waals surface area contributed by atoms with Crippen molar-refractivity contribution >= 4 is 28.3 Å². The molecule has 6 heterocycles. The van der Waals surface area contributed by atoms with E-state index in [1.807, 2.05) is 13.8 Å². The van der Waals surface area contributed by atoms with Gasteiger partial charge in [-0.25, -0.2) is 8.78 Å². The first kappa shape index (κ1) is 31.4. The van der Waals surface area contributed by atoms with E-state index < -0.39 is 23.6 Å². The zero-order valence-corrected chi connectivity index (χ0v) is 27.8. The van der Waals surface area contributed by atoms with Crippen LogP contribution in [0.3, 0.4) is 0 Å². The Morgan fingerprint density at radius 2 is 1.87 bits per heavy atom. The highest BCUT2D eigenvalue weighted by atomic mass is 35.5. The van der Waals surface area contributed by atoms with Crippen LogP contribution in [0.4, 0.5) is 14.6 Å². The maximum Gasteiger partial charge on any atom is 0.319 e. The van der Waals surface area contributed by atoms with Crippen LogP contribution >= 0.6 is 11.6 Å². The number of phenols is 1. The van der Waals surface area contributed by atoms with Crippen molar-refractivity contribution in [1.82, 2.24) is 24.8 Å². The summed E-state index contributed by atoms with van der Waals surface area (Å²) in [6.07, 6.45) is 6.47. The summed E-state index contributed by atoms with van der Waals surface area (Å²) in [6.45, 7) is 7.53. The van der Waals surface area contributed by atoms with Crippen molar-refractivity contribution in [3.05, 3.63) is 34.7 Å². The Morgan fingerprint density at radius 3 is 2.60 bits per heavy atom. The summed E-state index contributed by atoms with van der Waals surface area (Å²) < 4.78 is 37.7. The fourth-order valence-electron chi connectivity index (χ4n) is 8.64. The number of benzene rings is 1. The van der Waals surface area contributed by atoms with Gasteiger partial charge in [0.2, 0.25) is 0 Å². The lowest BCUT2D eigenvalue weighted by Crippen LogP contribution is -2.56. The molecule has 5 aliphatic rings. The third-order valence-electron chi connectivity index (χ3n) is 11.3. The lowest BCUT2D eigenvalue weighted by atomic mass is 9.95. The number of hydrogen-bond acceptors (Lipinski definition) is 9. The second-order valence-electron chi connectivity index (χ2n) is 14.8. The van der Waals surface area contributed by atoms with Crippen molar-refractivity contribution < 1.29 is 23.7 Å². The van der Waals surface area contributed by atoms with Gasteiger partial charge >= 0.3 is 6.01 Å². The number of rotatable bonds is 9. The highest BCUT2D eigenvalue weighted by molar-refractivity contribution is 6.32. The van der Waals surface area contributed by atoms with E-state index in [1.165, 1.54) is 12.1 Å². The minimum atomic E-state index is -0.895. The van der Waals surface area contributed by atoms with Crippen LogP contribution in [-0.4, -0.2) is 104 Å². The first-order chi connectivity index (χ1) is 22.6. The van der Waals surface area contributed by atoms with Gasteiger partial charge in [-0.1, -0.05) is 25.4 Å². The Kier molecular flexibility index (Phi) is 7.97. The van der Waals surface area contributed by atoms with Crippen LogP contribution in [0.15, 0.2) is 18.3 Å². The predicted octanol–water partition coefficient (Wildman–Crippen LogP) is 5.69. The number of aromatic hydroxyl groups is 1. The number of ether oxygens (including phenoxy) is 1. The molecule has 3 aromatic rings. The van der Waals surface area contributed by atoms with Gasteiger partial charge < -0.3 is 19.8 Å². The normalized spacial score (nSPS) is 28.5. The third kappa shape index (κ3) is 5.60. The Hall–Kier alpha value is -2.86. The second kappa shape index (κ2) is 11.9. The number of phenolic OH excluding ortho intramolecular Hbond substituents is 1. The van der Waals surface area contributed by atoms with E-state index in [0.29, 0.717) is 54.4 Å². The maximum atomic E-state index is 16.8. The van der Waals surface area contributed by atoms with Crippen LogP contribution in [0, 0.1) is 11.7 Å². The molecule has 2 aromatic heterocycles. The summed E-state index contributed by atoms with van der Waals surface area (Å²) in [5, 5.41) is 22.0. The van der Waals surface area contributed by atoms with Gasteiger partial charge in [-0.05, 0) is 74.6 Å². The van der Waals surface area contributed by atoms with E-state index in [2.05, 4.69) is 24.7 Å². The van der Waals surface area contributed by atoms with Gasteiger partial charge in [0.05, 0.1) is 17.0 Å². The number of aromatic nitrogens is 3. The van der Waals surface area contributed by atoms with Crippen molar-refractivity contribution in [2.75, 3.05) is 44.2 Å². The van der Waals surface area contributed by atoms with E-state index in [4.69, 9.17) is 21.3 Å². The molecule has 2 bridgehead atoms. The second-order valence-corrected chi connectivity index (χ2v) is 15.2. The lowest BCUT2D eigenvalue weighted by Gasteiger charge is -2.43. The molecule has 3 unspecified atom stereocenters. The molecule has 9 nitrogen and oxygen atoms in total. The molecule has 5 fully saturated rings. The number of anilines is 1. The van der Waals surface area contributed by atoms with E-state index in [0.717, 1.165) is 50.6 Å². The standard InChI is InChI=1S/C35H43ClF2N6O3/c1-19(2)28(46)17-44-22-6-7-23(44)16-42(15-22)33-26-13-39-31(25-10-24(45)11-27(36)29(25)20-4-5-20)30(38)32(26)40-34(41-33)47-18-35-8-3-9-43(35)14-21(37)12-35/h10-11,13,19-23,28,45-46H,3-9,12,14-18H2,1-2H3/t21-,22?,23?,28?,35+/m1/s1. The molecule has 1 aromatic carbocycles. The first-order valence-electron chi connectivity index (χ1n) is 17.2. The maximum absolute atomic E-state index is 16.8. The quantitative estimate of drug-likeness (QED) is 0.298. The molecule has 252 valence electrons. The topological polar surface area (TPSA) is 98.1 Å². The summed E-state index contributed by atoms with van der Waals surface area (Å²) in [7, 11) is 0.